The van der Waals surface area contributed by atoms with E-state index in [1.807, 2.05) is 24.3 Å². The molecule has 21 heavy (non-hydrogen) atoms. The van der Waals surface area contributed by atoms with Crippen LogP contribution >= 0.6 is 15.9 Å². The van der Waals surface area contributed by atoms with Crippen LogP contribution in [0.4, 0.5) is 5.69 Å². The van der Waals surface area contributed by atoms with E-state index in [-0.39, 0.29) is 11.0 Å². The molecule has 1 aliphatic rings. The third-order valence-electron chi connectivity index (χ3n) is 3.38. The number of hydrogen-bond acceptors (Lipinski definition) is 4. The fourth-order valence-electron chi connectivity index (χ4n) is 2.29. The van der Waals surface area contributed by atoms with Crippen LogP contribution in [-0.2, 0) is 9.84 Å². The predicted octanol–water partition coefficient (Wildman–Crippen LogP) is 3.40. The van der Waals surface area contributed by atoms with Gasteiger partial charge in [0.1, 0.15) is 11.9 Å². The quantitative estimate of drug-likeness (QED) is 0.883. The standard InChI is InChI=1S/C15H14BrNO3S/c1-21(18,19)10-6-7-14-13(8-10)17-9-15(20-14)11-4-2-3-5-12(11)16/h2-8,15,17H,9H2,1H3. The highest BCUT2D eigenvalue weighted by molar-refractivity contribution is 9.10. The van der Waals surface area contributed by atoms with Crippen molar-refractivity contribution in [1.29, 1.82) is 0 Å². The molecule has 0 saturated heterocycles. The van der Waals surface area contributed by atoms with E-state index in [4.69, 9.17) is 4.74 Å². The van der Waals surface area contributed by atoms with E-state index in [0.717, 1.165) is 10.0 Å². The molecule has 1 heterocycles. The summed E-state index contributed by atoms with van der Waals surface area (Å²) >= 11 is 3.52. The zero-order valence-electron chi connectivity index (χ0n) is 11.3. The Morgan fingerprint density at radius 1 is 1.24 bits per heavy atom. The van der Waals surface area contributed by atoms with Crippen molar-refractivity contribution in [2.75, 3.05) is 18.1 Å². The second-order valence-corrected chi connectivity index (χ2v) is 7.81. The Balaban J connectivity index is 1.92. The molecule has 0 radical (unpaired) electrons. The summed E-state index contributed by atoms with van der Waals surface area (Å²) in [5, 5.41) is 3.24. The fraction of sp³-hybridized carbons (Fsp3) is 0.200. The van der Waals surface area contributed by atoms with Crippen molar-refractivity contribution in [3.63, 3.8) is 0 Å². The first kappa shape index (κ1) is 14.4. The Bertz CT molecular complexity index is 789. The maximum absolute atomic E-state index is 11.6. The van der Waals surface area contributed by atoms with Crippen molar-refractivity contribution in [2.45, 2.75) is 11.0 Å². The zero-order valence-corrected chi connectivity index (χ0v) is 13.7. The topological polar surface area (TPSA) is 55.4 Å². The highest BCUT2D eigenvalue weighted by Crippen LogP contribution is 2.37. The molecular formula is C15H14BrNO3S. The molecule has 3 rings (SSSR count). The maximum atomic E-state index is 11.6. The van der Waals surface area contributed by atoms with Gasteiger partial charge in [-0.3, -0.25) is 0 Å². The molecule has 6 heteroatoms. The van der Waals surface area contributed by atoms with Gasteiger partial charge in [-0.25, -0.2) is 8.42 Å². The number of hydrogen-bond donors (Lipinski definition) is 1. The van der Waals surface area contributed by atoms with Crippen LogP contribution in [0.25, 0.3) is 0 Å². The van der Waals surface area contributed by atoms with Gasteiger partial charge in [0, 0.05) is 16.3 Å². The van der Waals surface area contributed by atoms with Crippen LogP contribution in [0.1, 0.15) is 11.7 Å². The van der Waals surface area contributed by atoms with E-state index in [0.29, 0.717) is 18.0 Å². The van der Waals surface area contributed by atoms with Crippen LogP contribution < -0.4 is 10.1 Å². The van der Waals surface area contributed by atoms with E-state index in [9.17, 15) is 8.42 Å². The van der Waals surface area contributed by atoms with Crippen LogP contribution in [0.15, 0.2) is 51.8 Å². The average Bonchev–Trinajstić information content (AvgIpc) is 2.46. The normalized spacial score (nSPS) is 17.5. The summed E-state index contributed by atoms with van der Waals surface area (Å²) in [5.41, 5.74) is 1.77. The van der Waals surface area contributed by atoms with Gasteiger partial charge in [0.15, 0.2) is 9.84 Å². The molecular weight excluding hydrogens is 354 g/mol. The van der Waals surface area contributed by atoms with Gasteiger partial charge in [0.2, 0.25) is 0 Å². The third kappa shape index (κ3) is 2.91. The monoisotopic (exact) mass is 367 g/mol. The molecule has 0 spiro atoms. The number of sulfone groups is 1. The van der Waals surface area contributed by atoms with E-state index < -0.39 is 9.84 Å². The molecule has 2 aromatic rings. The maximum Gasteiger partial charge on any atom is 0.175 e. The van der Waals surface area contributed by atoms with Crippen molar-refractivity contribution < 1.29 is 13.2 Å². The molecule has 1 unspecified atom stereocenters. The second kappa shape index (κ2) is 5.35. The molecule has 1 N–H and O–H groups in total. The van der Waals surface area contributed by atoms with Crippen LogP contribution in [0.3, 0.4) is 0 Å². The van der Waals surface area contributed by atoms with Crippen molar-refractivity contribution >= 4 is 31.5 Å². The van der Waals surface area contributed by atoms with Gasteiger partial charge < -0.3 is 10.1 Å². The van der Waals surface area contributed by atoms with Gasteiger partial charge in [-0.1, -0.05) is 34.1 Å². The van der Waals surface area contributed by atoms with Gasteiger partial charge in [0.25, 0.3) is 0 Å². The number of benzene rings is 2. The lowest BCUT2D eigenvalue weighted by Crippen LogP contribution is -2.24. The molecule has 0 saturated carbocycles. The van der Waals surface area contributed by atoms with E-state index in [1.54, 1.807) is 18.2 Å². The van der Waals surface area contributed by atoms with E-state index in [2.05, 4.69) is 21.2 Å². The minimum Gasteiger partial charge on any atom is -0.482 e. The van der Waals surface area contributed by atoms with Crippen LogP contribution in [0.5, 0.6) is 5.75 Å². The Labute approximate surface area is 132 Å². The highest BCUT2D eigenvalue weighted by Gasteiger charge is 2.23. The first-order valence-corrected chi connectivity index (χ1v) is 9.12. The zero-order chi connectivity index (χ0) is 15.0. The lowest BCUT2D eigenvalue weighted by atomic mass is 10.1. The average molecular weight is 368 g/mol. The molecule has 2 aromatic carbocycles. The minimum absolute atomic E-state index is 0.114. The van der Waals surface area contributed by atoms with Crippen molar-refractivity contribution in [2.24, 2.45) is 0 Å². The molecule has 0 bridgehead atoms. The second-order valence-electron chi connectivity index (χ2n) is 4.94. The Morgan fingerprint density at radius 2 is 2.00 bits per heavy atom. The van der Waals surface area contributed by atoms with Gasteiger partial charge in [-0.15, -0.1) is 0 Å². The molecule has 0 fully saturated rings. The third-order valence-corrected chi connectivity index (χ3v) is 5.21. The van der Waals surface area contributed by atoms with Crippen molar-refractivity contribution in [3.05, 3.63) is 52.5 Å². The molecule has 1 atom stereocenters. The summed E-state index contributed by atoms with van der Waals surface area (Å²) in [5.74, 6) is 0.661. The van der Waals surface area contributed by atoms with E-state index >= 15 is 0 Å². The summed E-state index contributed by atoms with van der Waals surface area (Å²) in [6, 6.07) is 12.8. The molecule has 0 aromatic heterocycles. The minimum atomic E-state index is -3.21. The molecule has 0 aliphatic carbocycles. The Hall–Kier alpha value is -1.53. The van der Waals surface area contributed by atoms with Crippen molar-refractivity contribution in [1.82, 2.24) is 0 Å². The summed E-state index contributed by atoms with van der Waals surface area (Å²) < 4.78 is 30.1. The lowest BCUT2D eigenvalue weighted by Gasteiger charge is -2.28. The van der Waals surface area contributed by atoms with Gasteiger partial charge in [-0.2, -0.15) is 0 Å². The Kier molecular flexibility index (Phi) is 3.67. The first-order chi connectivity index (χ1) is 9.95. The summed E-state index contributed by atoms with van der Waals surface area (Å²) in [7, 11) is -3.21. The highest BCUT2D eigenvalue weighted by atomic mass is 79.9. The van der Waals surface area contributed by atoms with Crippen LogP contribution in [0.2, 0.25) is 0 Å². The Morgan fingerprint density at radius 3 is 2.71 bits per heavy atom. The molecule has 0 amide bonds. The largest absolute Gasteiger partial charge is 0.482 e. The smallest absolute Gasteiger partial charge is 0.175 e. The predicted molar refractivity (Wildman–Crippen MR) is 85.6 cm³/mol. The van der Waals surface area contributed by atoms with Gasteiger partial charge in [0.05, 0.1) is 17.1 Å². The summed E-state index contributed by atoms with van der Waals surface area (Å²) in [6.45, 7) is 0.586. The number of fused-ring (bicyclic) bond motifs is 1. The van der Waals surface area contributed by atoms with Crippen LogP contribution in [0, 0.1) is 0 Å². The fourth-order valence-corrected chi connectivity index (χ4v) is 3.48. The number of nitrogens with one attached hydrogen (secondary N) is 1. The molecule has 4 nitrogen and oxygen atoms in total. The van der Waals surface area contributed by atoms with Gasteiger partial charge in [-0.05, 0) is 24.3 Å². The molecule has 110 valence electrons. The summed E-state index contributed by atoms with van der Waals surface area (Å²) in [6.07, 6.45) is 1.08. The number of halogens is 1. The lowest BCUT2D eigenvalue weighted by molar-refractivity contribution is 0.209. The van der Waals surface area contributed by atoms with Gasteiger partial charge >= 0.3 is 0 Å². The van der Waals surface area contributed by atoms with Crippen molar-refractivity contribution in [3.8, 4) is 5.75 Å². The van der Waals surface area contributed by atoms with Crippen LogP contribution in [-0.4, -0.2) is 21.2 Å². The number of rotatable bonds is 2. The molecule has 1 aliphatic heterocycles. The number of ether oxygens (including phenoxy) is 1. The first-order valence-electron chi connectivity index (χ1n) is 6.44. The SMILES string of the molecule is CS(=O)(=O)c1ccc2c(c1)NCC(c1ccccc1Br)O2. The number of anilines is 1. The summed E-state index contributed by atoms with van der Waals surface area (Å²) in [4.78, 5) is 0.289. The van der Waals surface area contributed by atoms with E-state index in [1.165, 1.54) is 6.26 Å².